The fourth-order valence-electron chi connectivity index (χ4n) is 1.39. The molecule has 1 heterocycles. The van der Waals surface area contributed by atoms with E-state index in [0.717, 1.165) is 5.01 Å². The highest BCUT2D eigenvalue weighted by molar-refractivity contribution is 7.89. The standard InChI is InChI=1S/C10H12N4O2S2/c11-8-5-7(18(12,15)16)1-2-9(8)14-6-10-13-3-4-17-10/h1-5,14H,6,11H2,(H2,12,15,16). The van der Waals surface area contributed by atoms with Gasteiger partial charge in [-0.05, 0) is 18.2 Å². The van der Waals surface area contributed by atoms with Crippen molar-refractivity contribution in [2.24, 2.45) is 5.14 Å². The van der Waals surface area contributed by atoms with E-state index in [-0.39, 0.29) is 4.90 Å². The maximum Gasteiger partial charge on any atom is 0.238 e. The molecular weight excluding hydrogens is 272 g/mol. The molecular formula is C10H12N4O2S2. The van der Waals surface area contributed by atoms with Crippen molar-refractivity contribution >= 4 is 32.7 Å². The normalized spacial score (nSPS) is 11.4. The number of hydrogen-bond donors (Lipinski definition) is 3. The monoisotopic (exact) mass is 284 g/mol. The van der Waals surface area contributed by atoms with Gasteiger partial charge >= 0.3 is 0 Å². The molecule has 8 heteroatoms. The Kier molecular flexibility index (Phi) is 3.50. The summed E-state index contributed by atoms with van der Waals surface area (Å²) >= 11 is 1.53. The van der Waals surface area contributed by atoms with E-state index in [1.807, 2.05) is 5.38 Å². The molecule has 0 amide bonds. The van der Waals surface area contributed by atoms with E-state index in [0.29, 0.717) is 17.9 Å². The van der Waals surface area contributed by atoms with E-state index in [9.17, 15) is 8.42 Å². The summed E-state index contributed by atoms with van der Waals surface area (Å²) in [4.78, 5) is 4.12. The Morgan fingerprint density at radius 1 is 1.39 bits per heavy atom. The van der Waals surface area contributed by atoms with E-state index in [1.165, 1.54) is 23.5 Å². The van der Waals surface area contributed by atoms with Crippen LogP contribution in [0.5, 0.6) is 0 Å². The van der Waals surface area contributed by atoms with Gasteiger partial charge in [-0.25, -0.2) is 18.5 Å². The van der Waals surface area contributed by atoms with Crippen LogP contribution in [-0.2, 0) is 16.6 Å². The van der Waals surface area contributed by atoms with Gasteiger partial charge in [0.05, 0.1) is 22.8 Å². The summed E-state index contributed by atoms with van der Waals surface area (Å²) in [5.74, 6) is 0. The van der Waals surface area contributed by atoms with Crippen molar-refractivity contribution in [2.75, 3.05) is 11.1 Å². The number of nitrogens with two attached hydrogens (primary N) is 2. The second-order valence-corrected chi connectivity index (χ2v) is 6.11. The molecule has 0 saturated heterocycles. The number of benzene rings is 1. The number of hydrogen-bond acceptors (Lipinski definition) is 6. The van der Waals surface area contributed by atoms with Crippen molar-refractivity contribution in [3.63, 3.8) is 0 Å². The number of thiazole rings is 1. The summed E-state index contributed by atoms with van der Waals surface area (Å²) in [6.45, 7) is 0.538. The second kappa shape index (κ2) is 4.92. The van der Waals surface area contributed by atoms with E-state index in [1.54, 1.807) is 12.3 Å². The smallest absolute Gasteiger partial charge is 0.238 e. The molecule has 0 radical (unpaired) electrons. The third-order valence-electron chi connectivity index (χ3n) is 2.27. The number of nitrogen functional groups attached to an aromatic ring is 1. The van der Waals surface area contributed by atoms with Crippen molar-refractivity contribution < 1.29 is 8.42 Å². The molecule has 96 valence electrons. The molecule has 0 unspecified atom stereocenters. The third-order valence-corrected chi connectivity index (χ3v) is 3.96. The highest BCUT2D eigenvalue weighted by Crippen LogP contribution is 2.22. The minimum atomic E-state index is -3.72. The lowest BCUT2D eigenvalue weighted by atomic mass is 10.2. The molecule has 0 aliphatic rings. The van der Waals surface area contributed by atoms with Gasteiger partial charge in [-0.15, -0.1) is 11.3 Å². The average Bonchev–Trinajstić information content (AvgIpc) is 2.79. The second-order valence-electron chi connectivity index (χ2n) is 3.57. The van der Waals surface area contributed by atoms with E-state index in [4.69, 9.17) is 10.9 Å². The van der Waals surface area contributed by atoms with E-state index in [2.05, 4.69) is 10.3 Å². The summed E-state index contributed by atoms with van der Waals surface area (Å²) in [6.07, 6.45) is 1.72. The molecule has 2 aromatic rings. The van der Waals surface area contributed by atoms with Gasteiger partial charge in [0.1, 0.15) is 5.01 Å². The number of primary sulfonamides is 1. The van der Waals surface area contributed by atoms with Crippen LogP contribution in [-0.4, -0.2) is 13.4 Å². The molecule has 1 aromatic carbocycles. The van der Waals surface area contributed by atoms with Crippen molar-refractivity contribution in [1.82, 2.24) is 4.98 Å². The Balaban J connectivity index is 2.15. The van der Waals surface area contributed by atoms with Gasteiger partial charge in [0.2, 0.25) is 10.0 Å². The Bertz CT molecular complexity index is 638. The molecule has 2 rings (SSSR count). The number of aromatic nitrogens is 1. The van der Waals surface area contributed by atoms with Gasteiger partial charge in [0.25, 0.3) is 0 Å². The zero-order valence-corrected chi connectivity index (χ0v) is 11.0. The quantitative estimate of drug-likeness (QED) is 0.725. The molecule has 0 aliphatic carbocycles. The van der Waals surface area contributed by atoms with Crippen LogP contribution in [0.15, 0.2) is 34.7 Å². The largest absolute Gasteiger partial charge is 0.397 e. The predicted molar refractivity (Wildman–Crippen MR) is 71.7 cm³/mol. The first-order valence-corrected chi connectivity index (χ1v) is 7.44. The lowest BCUT2D eigenvalue weighted by Gasteiger charge is -2.09. The molecule has 0 saturated carbocycles. The topological polar surface area (TPSA) is 111 Å². The SMILES string of the molecule is Nc1cc(S(N)(=O)=O)ccc1NCc1nccs1. The number of rotatable bonds is 4. The number of nitrogens with one attached hydrogen (secondary N) is 1. The summed E-state index contributed by atoms with van der Waals surface area (Å²) in [5, 5.41) is 10.9. The molecule has 5 N–H and O–H groups in total. The lowest BCUT2D eigenvalue weighted by molar-refractivity contribution is 0.598. The lowest BCUT2D eigenvalue weighted by Crippen LogP contribution is -2.13. The maximum absolute atomic E-state index is 11.1. The van der Waals surface area contributed by atoms with Crippen LogP contribution in [0.2, 0.25) is 0 Å². The summed E-state index contributed by atoms with van der Waals surface area (Å²) in [6, 6.07) is 4.33. The highest BCUT2D eigenvalue weighted by atomic mass is 32.2. The molecule has 0 atom stereocenters. The van der Waals surface area contributed by atoms with Crippen molar-refractivity contribution in [3.05, 3.63) is 34.8 Å². The van der Waals surface area contributed by atoms with Crippen LogP contribution in [0, 0.1) is 0 Å². The first kappa shape index (κ1) is 12.8. The molecule has 0 bridgehead atoms. The molecule has 18 heavy (non-hydrogen) atoms. The number of sulfonamides is 1. The van der Waals surface area contributed by atoms with Crippen molar-refractivity contribution in [3.8, 4) is 0 Å². The zero-order valence-electron chi connectivity index (χ0n) is 9.33. The fourth-order valence-corrected chi connectivity index (χ4v) is 2.49. The van der Waals surface area contributed by atoms with Gasteiger partial charge in [0.15, 0.2) is 0 Å². The van der Waals surface area contributed by atoms with Gasteiger partial charge in [-0.2, -0.15) is 0 Å². The summed E-state index contributed by atoms with van der Waals surface area (Å²) in [7, 11) is -3.72. The summed E-state index contributed by atoms with van der Waals surface area (Å²) in [5.41, 5.74) is 6.74. The maximum atomic E-state index is 11.1. The van der Waals surface area contributed by atoms with Crippen LogP contribution in [0.4, 0.5) is 11.4 Å². The van der Waals surface area contributed by atoms with Crippen LogP contribution in [0.25, 0.3) is 0 Å². The third kappa shape index (κ3) is 2.97. The number of nitrogens with zero attached hydrogens (tertiary/aromatic N) is 1. The highest BCUT2D eigenvalue weighted by Gasteiger charge is 2.09. The summed E-state index contributed by atoms with van der Waals surface area (Å²) < 4.78 is 22.3. The minimum absolute atomic E-state index is 0.000186. The van der Waals surface area contributed by atoms with E-state index < -0.39 is 10.0 Å². The first-order valence-electron chi connectivity index (χ1n) is 5.01. The molecule has 0 spiro atoms. The van der Waals surface area contributed by atoms with Crippen LogP contribution in [0.3, 0.4) is 0 Å². The van der Waals surface area contributed by atoms with Gasteiger partial charge in [-0.3, -0.25) is 0 Å². The number of anilines is 2. The molecule has 6 nitrogen and oxygen atoms in total. The van der Waals surface area contributed by atoms with Crippen LogP contribution >= 0.6 is 11.3 Å². The Hall–Kier alpha value is -1.64. The molecule has 1 aromatic heterocycles. The Labute approximate surface area is 109 Å². The zero-order chi connectivity index (χ0) is 13.2. The van der Waals surface area contributed by atoms with Crippen LogP contribution in [0.1, 0.15) is 5.01 Å². The van der Waals surface area contributed by atoms with Gasteiger partial charge in [-0.1, -0.05) is 0 Å². The van der Waals surface area contributed by atoms with Gasteiger partial charge in [0, 0.05) is 11.6 Å². The van der Waals surface area contributed by atoms with E-state index >= 15 is 0 Å². The van der Waals surface area contributed by atoms with Crippen molar-refractivity contribution in [1.29, 1.82) is 0 Å². The molecule has 0 aliphatic heterocycles. The van der Waals surface area contributed by atoms with Crippen LogP contribution < -0.4 is 16.2 Å². The van der Waals surface area contributed by atoms with Crippen molar-refractivity contribution in [2.45, 2.75) is 11.4 Å². The predicted octanol–water partition coefficient (Wildman–Crippen LogP) is 0.985. The van der Waals surface area contributed by atoms with Gasteiger partial charge < -0.3 is 11.1 Å². The Morgan fingerprint density at radius 2 is 2.17 bits per heavy atom. The first-order chi connectivity index (χ1) is 8.47. The fraction of sp³-hybridized carbons (Fsp3) is 0.100. The molecule has 0 fully saturated rings. The minimum Gasteiger partial charge on any atom is -0.397 e. The Morgan fingerprint density at radius 3 is 2.72 bits per heavy atom. The average molecular weight is 284 g/mol.